The molecule has 0 bridgehead atoms. The molecule has 23 heavy (non-hydrogen) atoms. The van der Waals surface area contributed by atoms with Crippen molar-refractivity contribution in [2.45, 2.75) is 33.8 Å². The van der Waals surface area contributed by atoms with Crippen LogP contribution in [0.25, 0.3) is 0 Å². The van der Waals surface area contributed by atoms with E-state index in [-0.39, 0.29) is 10.9 Å². The first-order valence-electron chi connectivity index (χ1n) is 7.28. The number of carbonyl (C=O) groups is 1. The SMILES string of the molecule is Cc1cc(C)c(NC(=O)[C@@H](C)Oc2ccc(F)c(Cl)c2)c(C)c1. The molecule has 1 amide bonds. The summed E-state index contributed by atoms with van der Waals surface area (Å²) in [6.45, 7) is 7.53. The van der Waals surface area contributed by atoms with Gasteiger partial charge in [-0.3, -0.25) is 4.79 Å². The van der Waals surface area contributed by atoms with Crippen molar-refractivity contribution in [3.63, 3.8) is 0 Å². The van der Waals surface area contributed by atoms with E-state index in [2.05, 4.69) is 5.32 Å². The van der Waals surface area contributed by atoms with E-state index in [1.54, 1.807) is 6.92 Å². The Morgan fingerprint density at radius 2 is 1.78 bits per heavy atom. The van der Waals surface area contributed by atoms with Gasteiger partial charge < -0.3 is 10.1 Å². The van der Waals surface area contributed by atoms with Crippen LogP contribution in [0.3, 0.4) is 0 Å². The zero-order chi connectivity index (χ0) is 17.1. The molecule has 5 heteroatoms. The number of nitrogens with one attached hydrogen (secondary N) is 1. The molecular formula is C18H19ClFNO2. The summed E-state index contributed by atoms with van der Waals surface area (Å²) in [4.78, 5) is 12.3. The van der Waals surface area contributed by atoms with Crippen LogP contribution in [0.1, 0.15) is 23.6 Å². The van der Waals surface area contributed by atoms with Gasteiger partial charge in [0.15, 0.2) is 6.10 Å². The molecule has 0 fully saturated rings. The lowest BCUT2D eigenvalue weighted by Gasteiger charge is -2.17. The van der Waals surface area contributed by atoms with Crippen molar-refractivity contribution in [2.75, 3.05) is 5.32 Å². The van der Waals surface area contributed by atoms with E-state index in [0.717, 1.165) is 22.4 Å². The van der Waals surface area contributed by atoms with Crippen molar-refractivity contribution >= 4 is 23.2 Å². The number of aryl methyl sites for hydroxylation is 3. The van der Waals surface area contributed by atoms with Gasteiger partial charge in [0.25, 0.3) is 5.91 Å². The van der Waals surface area contributed by atoms with Gasteiger partial charge in [-0.1, -0.05) is 29.3 Å². The maximum absolute atomic E-state index is 13.1. The minimum atomic E-state index is -0.739. The topological polar surface area (TPSA) is 38.3 Å². The van der Waals surface area contributed by atoms with Crippen LogP contribution in [0.15, 0.2) is 30.3 Å². The summed E-state index contributed by atoms with van der Waals surface area (Å²) in [6, 6.07) is 8.01. The van der Waals surface area contributed by atoms with Crippen LogP contribution in [-0.2, 0) is 4.79 Å². The number of carbonyl (C=O) groups excluding carboxylic acids is 1. The third kappa shape index (κ3) is 4.23. The Labute approximate surface area is 140 Å². The lowest BCUT2D eigenvalue weighted by Crippen LogP contribution is -2.30. The van der Waals surface area contributed by atoms with Gasteiger partial charge in [0, 0.05) is 11.8 Å². The monoisotopic (exact) mass is 335 g/mol. The van der Waals surface area contributed by atoms with Crippen LogP contribution in [0.5, 0.6) is 5.75 Å². The molecule has 0 unspecified atom stereocenters. The van der Waals surface area contributed by atoms with Crippen molar-refractivity contribution in [3.05, 3.63) is 57.9 Å². The molecule has 1 N–H and O–H groups in total. The van der Waals surface area contributed by atoms with Crippen LogP contribution < -0.4 is 10.1 Å². The maximum atomic E-state index is 13.1. The Morgan fingerprint density at radius 3 is 2.35 bits per heavy atom. The van der Waals surface area contributed by atoms with Crippen LogP contribution in [0.2, 0.25) is 5.02 Å². The van der Waals surface area contributed by atoms with E-state index >= 15 is 0 Å². The average Bonchev–Trinajstić information content (AvgIpc) is 2.46. The molecular weight excluding hydrogens is 317 g/mol. The minimum Gasteiger partial charge on any atom is -0.481 e. The molecule has 0 aliphatic rings. The molecule has 122 valence electrons. The third-order valence-corrected chi connectivity index (χ3v) is 3.79. The molecule has 0 aromatic heterocycles. The quantitative estimate of drug-likeness (QED) is 0.870. The zero-order valence-corrected chi connectivity index (χ0v) is 14.3. The van der Waals surface area contributed by atoms with Gasteiger partial charge in [-0.15, -0.1) is 0 Å². The third-order valence-electron chi connectivity index (χ3n) is 3.50. The molecule has 2 rings (SSSR count). The molecule has 0 saturated heterocycles. The minimum absolute atomic E-state index is 0.0414. The Hall–Kier alpha value is -2.07. The number of ether oxygens (including phenoxy) is 1. The summed E-state index contributed by atoms with van der Waals surface area (Å²) in [5.41, 5.74) is 3.91. The second-order valence-corrected chi connectivity index (χ2v) is 6.01. The van der Waals surface area contributed by atoms with Crippen molar-refractivity contribution in [1.82, 2.24) is 0 Å². The fourth-order valence-electron chi connectivity index (χ4n) is 2.41. The molecule has 0 saturated carbocycles. The number of benzene rings is 2. The van der Waals surface area contributed by atoms with Gasteiger partial charge in [-0.25, -0.2) is 4.39 Å². The van der Waals surface area contributed by atoms with Crippen molar-refractivity contribution in [3.8, 4) is 5.75 Å². The second kappa shape index (κ2) is 7.01. The van der Waals surface area contributed by atoms with Crippen LogP contribution in [0.4, 0.5) is 10.1 Å². The van der Waals surface area contributed by atoms with Gasteiger partial charge >= 0.3 is 0 Å². The molecule has 2 aromatic rings. The normalized spacial score (nSPS) is 11.9. The maximum Gasteiger partial charge on any atom is 0.265 e. The number of rotatable bonds is 4. The fourth-order valence-corrected chi connectivity index (χ4v) is 2.58. The summed E-state index contributed by atoms with van der Waals surface area (Å²) in [6.07, 6.45) is -0.739. The van der Waals surface area contributed by atoms with Gasteiger partial charge in [0.2, 0.25) is 0 Å². The average molecular weight is 336 g/mol. The number of hydrogen-bond donors (Lipinski definition) is 1. The first-order valence-corrected chi connectivity index (χ1v) is 7.66. The van der Waals surface area contributed by atoms with E-state index in [1.165, 1.54) is 18.2 Å². The first-order chi connectivity index (χ1) is 10.8. The highest BCUT2D eigenvalue weighted by Gasteiger charge is 2.17. The van der Waals surface area contributed by atoms with Crippen molar-refractivity contribution in [1.29, 1.82) is 0 Å². The van der Waals surface area contributed by atoms with Crippen molar-refractivity contribution in [2.24, 2.45) is 0 Å². The predicted molar refractivity (Wildman–Crippen MR) is 90.8 cm³/mol. The van der Waals surface area contributed by atoms with E-state index in [0.29, 0.717) is 5.75 Å². The fraction of sp³-hybridized carbons (Fsp3) is 0.278. The molecule has 0 radical (unpaired) electrons. The van der Waals surface area contributed by atoms with Crippen molar-refractivity contribution < 1.29 is 13.9 Å². The highest BCUT2D eigenvalue weighted by molar-refractivity contribution is 6.30. The highest BCUT2D eigenvalue weighted by Crippen LogP contribution is 2.24. The Bertz CT molecular complexity index is 723. The van der Waals surface area contributed by atoms with E-state index < -0.39 is 11.9 Å². The number of halogens is 2. The lowest BCUT2D eigenvalue weighted by molar-refractivity contribution is -0.122. The van der Waals surface area contributed by atoms with E-state index in [1.807, 2.05) is 32.9 Å². The van der Waals surface area contributed by atoms with Gasteiger partial charge in [-0.2, -0.15) is 0 Å². The molecule has 2 aromatic carbocycles. The standard InChI is InChI=1S/C18H19ClFNO2/c1-10-7-11(2)17(12(3)8-10)21-18(22)13(4)23-14-5-6-16(20)15(19)9-14/h5-9,13H,1-4H3,(H,21,22)/t13-/m1/s1. The van der Waals surface area contributed by atoms with E-state index in [9.17, 15) is 9.18 Å². The van der Waals surface area contributed by atoms with Crippen LogP contribution in [0, 0.1) is 26.6 Å². The smallest absolute Gasteiger partial charge is 0.265 e. The van der Waals surface area contributed by atoms with Crippen LogP contribution >= 0.6 is 11.6 Å². The summed E-state index contributed by atoms with van der Waals surface area (Å²) in [7, 11) is 0. The molecule has 0 aliphatic heterocycles. The number of amides is 1. The van der Waals surface area contributed by atoms with Crippen LogP contribution in [-0.4, -0.2) is 12.0 Å². The predicted octanol–water partition coefficient (Wildman–Crippen LogP) is 4.81. The summed E-state index contributed by atoms with van der Waals surface area (Å²) >= 11 is 5.71. The van der Waals surface area contributed by atoms with Gasteiger partial charge in [0.1, 0.15) is 11.6 Å². The number of anilines is 1. The lowest BCUT2D eigenvalue weighted by atomic mass is 10.0. The molecule has 0 heterocycles. The van der Waals surface area contributed by atoms with E-state index in [4.69, 9.17) is 16.3 Å². The summed E-state index contributed by atoms with van der Waals surface area (Å²) in [5.74, 6) is -0.459. The molecule has 0 aliphatic carbocycles. The number of hydrogen-bond acceptors (Lipinski definition) is 2. The molecule has 1 atom stereocenters. The Balaban J connectivity index is 2.10. The Kier molecular flexibility index (Phi) is 5.26. The van der Waals surface area contributed by atoms with Gasteiger partial charge in [-0.05, 0) is 51.0 Å². The molecule has 0 spiro atoms. The highest BCUT2D eigenvalue weighted by atomic mass is 35.5. The Morgan fingerprint density at radius 1 is 1.17 bits per heavy atom. The summed E-state index contributed by atoms with van der Waals surface area (Å²) in [5, 5.41) is 2.84. The first kappa shape index (κ1) is 17.3. The second-order valence-electron chi connectivity index (χ2n) is 5.60. The molecule has 3 nitrogen and oxygen atoms in total. The summed E-state index contributed by atoms with van der Waals surface area (Å²) < 4.78 is 18.7. The zero-order valence-electron chi connectivity index (χ0n) is 13.5. The van der Waals surface area contributed by atoms with Gasteiger partial charge in [0.05, 0.1) is 5.02 Å². The largest absolute Gasteiger partial charge is 0.481 e.